The average Bonchev–Trinajstić information content (AvgIpc) is 3.45. The lowest BCUT2D eigenvalue weighted by Crippen LogP contribution is -2.36. The van der Waals surface area contributed by atoms with Gasteiger partial charge in [0.25, 0.3) is 5.91 Å². The Balaban J connectivity index is 1.40. The lowest BCUT2D eigenvalue weighted by atomic mass is 10.1. The fraction of sp³-hybridized carbons (Fsp3) is 0.318. The SMILES string of the molecule is COc1ccc(C2CC2)cc1S(=O)NC(=O)c1cc2c(F)cc(N3CCC3)cc2o1. The topological polar surface area (TPSA) is 71.8 Å². The summed E-state index contributed by atoms with van der Waals surface area (Å²) < 4.78 is 40.7. The monoisotopic (exact) mass is 428 g/mol. The molecular formula is C22H21FN2O4S. The number of methoxy groups -OCH3 is 1. The number of nitrogens with zero attached hydrogens (tertiary/aromatic N) is 1. The van der Waals surface area contributed by atoms with Crippen molar-refractivity contribution in [1.29, 1.82) is 0 Å². The zero-order valence-corrected chi connectivity index (χ0v) is 17.3. The third-order valence-corrected chi connectivity index (χ3v) is 6.73. The predicted molar refractivity (Wildman–Crippen MR) is 112 cm³/mol. The van der Waals surface area contributed by atoms with Crippen molar-refractivity contribution in [3.63, 3.8) is 0 Å². The molecule has 1 saturated heterocycles. The van der Waals surface area contributed by atoms with Gasteiger partial charge in [-0.25, -0.2) is 8.60 Å². The van der Waals surface area contributed by atoms with Crippen LogP contribution in [0.15, 0.2) is 45.7 Å². The molecule has 30 heavy (non-hydrogen) atoms. The highest BCUT2D eigenvalue weighted by atomic mass is 32.2. The summed E-state index contributed by atoms with van der Waals surface area (Å²) in [6, 6.07) is 10.1. The number of halogens is 1. The molecule has 1 N–H and O–H groups in total. The van der Waals surface area contributed by atoms with Gasteiger partial charge in [0.2, 0.25) is 0 Å². The van der Waals surface area contributed by atoms with Crippen molar-refractivity contribution < 1.29 is 22.5 Å². The second-order valence-electron chi connectivity index (χ2n) is 7.68. The van der Waals surface area contributed by atoms with E-state index in [-0.39, 0.29) is 11.1 Å². The largest absolute Gasteiger partial charge is 0.495 e. The van der Waals surface area contributed by atoms with Crippen molar-refractivity contribution in [2.24, 2.45) is 0 Å². The van der Waals surface area contributed by atoms with Gasteiger partial charge in [-0.05, 0) is 48.9 Å². The Kier molecular flexibility index (Phi) is 4.73. The summed E-state index contributed by atoms with van der Waals surface area (Å²) in [5, 5.41) is 0.225. The first kappa shape index (κ1) is 19.1. The van der Waals surface area contributed by atoms with Gasteiger partial charge in [0, 0.05) is 30.9 Å². The second kappa shape index (κ2) is 7.43. The Morgan fingerprint density at radius 2 is 2.03 bits per heavy atom. The summed E-state index contributed by atoms with van der Waals surface area (Å²) in [6.45, 7) is 1.75. The van der Waals surface area contributed by atoms with Crippen molar-refractivity contribution in [3.05, 3.63) is 53.5 Å². The van der Waals surface area contributed by atoms with E-state index in [1.165, 1.54) is 19.2 Å². The molecule has 2 heterocycles. The van der Waals surface area contributed by atoms with E-state index < -0.39 is 22.7 Å². The van der Waals surface area contributed by atoms with Crippen LogP contribution in [0.4, 0.5) is 10.1 Å². The van der Waals surface area contributed by atoms with E-state index >= 15 is 0 Å². The van der Waals surface area contributed by atoms with Crippen molar-refractivity contribution in [2.45, 2.75) is 30.1 Å². The number of hydrogen-bond acceptors (Lipinski definition) is 5. The van der Waals surface area contributed by atoms with Crippen LogP contribution in [0.5, 0.6) is 5.75 Å². The minimum atomic E-state index is -1.84. The normalized spacial score (nSPS) is 16.9. The maximum Gasteiger partial charge on any atom is 0.298 e. The Hall–Kier alpha value is -2.87. The molecule has 2 aliphatic rings. The third-order valence-electron chi connectivity index (χ3n) is 5.64. The zero-order valence-electron chi connectivity index (χ0n) is 16.4. The third kappa shape index (κ3) is 3.45. The first-order valence-electron chi connectivity index (χ1n) is 9.92. The zero-order chi connectivity index (χ0) is 20.8. The molecule has 1 atom stereocenters. The molecule has 6 nitrogen and oxygen atoms in total. The quantitative estimate of drug-likeness (QED) is 0.640. The fourth-order valence-corrected chi connectivity index (χ4v) is 4.61. The Labute approximate surface area is 175 Å². The van der Waals surface area contributed by atoms with Crippen molar-refractivity contribution in [3.8, 4) is 5.75 Å². The van der Waals surface area contributed by atoms with Crippen LogP contribution in [0.2, 0.25) is 0 Å². The van der Waals surface area contributed by atoms with Crippen LogP contribution in [-0.4, -0.2) is 30.3 Å². The molecular weight excluding hydrogens is 407 g/mol. The molecule has 1 aromatic heterocycles. The van der Waals surface area contributed by atoms with Gasteiger partial charge in [-0.2, -0.15) is 0 Å². The molecule has 1 amide bonds. The molecule has 5 rings (SSSR count). The number of fused-ring (bicyclic) bond motifs is 1. The summed E-state index contributed by atoms with van der Waals surface area (Å²) in [5.41, 5.74) is 2.11. The molecule has 156 valence electrons. The van der Waals surface area contributed by atoms with Crippen molar-refractivity contribution >= 4 is 33.5 Å². The lowest BCUT2D eigenvalue weighted by molar-refractivity contribution is 0.0958. The summed E-state index contributed by atoms with van der Waals surface area (Å²) >= 11 is 0. The van der Waals surface area contributed by atoms with E-state index in [2.05, 4.69) is 4.72 Å². The number of hydrogen-bond donors (Lipinski definition) is 1. The molecule has 1 aliphatic carbocycles. The summed E-state index contributed by atoms with van der Waals surface area (Å²) in [4.78, 5) is 15.1. The van der Waals surface area contributed by atoms with E-state index in [0.29, 0.717) is 22.1 Å². The van der Waals surface area contributed by atoms with E-state index in [4.69, 9.17) is 9.15 Å². The molecule has 0 radical (unpaired) electrons. The van der Waals surface area contributed by atoms with E-state index in [9.17, 15) is 13.4 Å². The van der Waals surface area contributed by atoms with Gasteiger partial charge in [-0.15, -0.1) is 0 Å². The second-order valence-corrected chi connectivity index (χ2v) is 8.86. The minimum absolute atomic E-state index is 0.0877. The maximum absolute atomic E-state index is 14.5. The smallest absolute Gasteiger partial charge is 0.298 e. The van der Waals surface area contributed by atoms with Crippen molar-refractivity contribution in [2.75, 3.05) is 25.1 Å². The number of carbonyl (C=O) groups is 1. The van der Waals surface area contributed by atoms with Gasteiger partial charge >= 0.3 is 0 Å². The minimum Gasteiger partial charge on any atom is -0.495 e. The Morgan fingerprint density at radius 3 is 2.70 bits per heavy atom. The highest BCUT2D eigenvalue weighted by Gasteiger charge is 2.26. The first-order valence-corrected chi connectivity index (χ1v) is 11.1. The van der Waals surface area contributed by atoms with E-state index in [0.717, 1.165) is 43.6 Å². The van der Waals surface area contributed by atoms with Crippen LogP contribution in [0.3, 0.4) is 0 Å². The first-order chi connectivity index (χ1) is 14.5. The number of nitrogens with one attached hydrogen (secondary N) is 1. The summed E-state index contributed by atoms with van der Waals surface area (Å²) in [5.74, 6) is -0.296. The van der Waals surface area contributed by atoms with Crippen LogP contribution < -0.4 is 14.4 Å². The van der Waals surface area contributed by atoms with Gasteiger partial charge < -0.3 is 14.1 Å². The highest BCUT2D eigenvalue weighted by molar-refractivity contribution is 7.83. The highest BCUT2D eigenvalue weighted by Crippen LogP contribution is 2.41. The van der Waals surface area contributed by atoms with E-state index in [1.54, 1.807) is 12.1 Å². The molecule has 0 bridgehead atoms. The molecule has 1 unspecified atom stereocenters. The van der Waals surface area contributed by atoms with Gasteiger partial charge in [0.15, 0.2) is 16.7 Å². The van der Waals surface area contributed by atoms with Crippen molar-refractivity contribution in [1.82, 2.24) is 4.72 Å². The molecule has 3 aromatic rings. The number of benzene rings is 2. The van der Waals surface area contributed by atoms with E-state index in [1.807, 2.05) is 17.0 Å². The fourth-order valence-electron chi connectivity index (χ4n) is 3.65. The Morgan fingerprint density at radius 1 is 1.23 bits per heavy atom. The summed E-state index contributed by atoms with van der Waals surface area (Å²) in [6.07, 6.45) is 3.28. The number of rotatable bonds is 6. The number of amides is 1. The molecule has 8 heteroatoms. The molecule has 2 aromatic carbocycles. The van der Waals surface area contributed by atoms with Gasteiger partial charge in [0.05, 0.1) is 12.5 Å². The number of ether oxygens (including phenoxy) is 1. The van der Waals surface area contributed by atoms with Gasteiger partial charge in [-0.1, -0.05) is 6.07 Å². The lowest BCUT2D eigenvalue weighted by Gasteiger charge is -2.33. The molecule has 0 spiro atoms. The Bertz CT molecular complexity index is 1170. The number of furan rings is 1. The summed E-state index contributed by atoms with van der Waals surface area (Å²) in [7, 11) is -0.350. The number of anilines is 1. The number of carbonyl (C=O) groups excluding carboxylic acids is 1. The van der Waals surface area contributed by atoms with Crippen LogP contribution in [0.25, 0.3) is 11.0 Å². The molecule has 1 aliphatic heterocycles. The van der Waals surface area contributed by atoms with Gasteiger partial charge in [-0.3, -0.25) is 9.52 Å². The predicted octanol–water partition coefficient (Wildman–Crippen LogP) is 4.12. The van der Waals surface area contributed by atoms with Crippen LogP contribution in [-0.2, 0) is 11.0 Å². The maximum atomic E-state index is 14.5. The van der Waals surface area contributed by atoms with Crippen LogP contribution >= 0.6 is 0 Å². The van der Waals surface area contributed by atoms with Crippen LogP contribution in [0.1, 0.15) is 41.3 Å². The van der Waals surface area contributed by atoms with Crippen LogP contribution in [0, 0.1) is 5.82 Å². The average molecular weight is 428 g/mol. The molecule has 1 saturated carbocycles. The molecule has 2 fully saturated rings. The van der Waals surface area contributed by atoms with Gasteiger partial charge in [0.1, 0.15) is 22.0 Å². The standard InChI is InChI=1S/C22H21FN2O4S/c1-28-18-6-5-14(13-3-4-13)9-21(18)30(27)24-22(26)20-12-16-17(23)10-15(11-19(16)29-20)25-7-2-8-25/h5-6,9-13H,2-4,7-8H2,1H3,(H,24,26).